The van der Waals surface area contributed by atoms with Crippen LogP contribution in [0.3, 0.4) is 0 Å². The number of carbonyl (C=O) groups excluding carboxylic acids is 1. The summed E-state index contributed by atoms with van der Waals surface area (Å²) in [6.07, 6.45) is 0. The van der Waals surface area contributed by atoms with Crippen LogP contribution in [0.5, 0.6) is 5.75 Å². The molecule has 0 radical (unpaired) electrons. The zero-order chi connectivity index (χ0) is 14.0. The maximum atomic E-state index is 13.9. The van der Waals surface area contributed by atoms with Gasteiger partial charge in [-0.25, -0.2) is 4.39 Å². The highest BCUT2D eigenvalue weighted by Gasteiger charge is 2.17. The van der Waals surface area contributed by atoms with Crippen LogP contribution in [0, 0.1) is 9.39 Å². The van der Waals surface area contributed by atoms with E-state index in [0.29, 0.717) is 11.3 Å². The fraction of sp³-hybridized carbons (Fsp3) is 0.0714. The molecule has 0 spiro atoms. The normalized spacial score (nSPS) is 10.3. The number of hydrogen-bond donors (Lipinski definition) is 0. The van der Waals surface area contributed by atoms with E-state index in [1.165, 1.54) is 19.2 Å². The van der Waals surface area contributed by atoms with Gasteiger partial charge in [0.1, 0.15) is 11.6 Å². The van der Waals surface area contributed by atoms with Crippen LogP contribution in [0.2, 0.25) is 0 Å². The Balaban J connectivity index is 2.47. The minimum Gasteiger partial charge on any atom is -0.497 e. The lowest BCUT2D eigenvalue weighted by molar-refractivity contribution is 0.103. The molecule has 0 aliphatic carbocycles. The molecule has 0 N–H and O–H groups in total. The molecule has 19 heavy (non-hydrogen) atoms. The van der Waals surface area contributed by atoms with Gasteiger partial charge in [0.15, 0.2) is 5.78 Å². The van der Waals surface area contributed by atoms with Crippen LogP contribution in [-0.4, -0.2) is 12.9 Å². The van der Waals surface area contributed by atoms with E-state index < -0.39 is 5.82 Å². The van der Waals surface area contributed by atoms with E-state index in [2.05, 4.69) is 38.5 Å². The molecule has 0 aromatic heterocycles. The zero-order valence-electron chi connectivity index (χ0n) is 9.91. The first-order chi connectivity index (χ1) is 9.02. The molecule has 0 aliphatic rings. The predicted octanol–water partition coefficient (Wildman–Crippen LogP) is 4.43. The van der Waals surface area contributed by atoms with E-state index in [4.69, 9.17) is 4.74 Å². The standard InChI is InChI=1S/C14H9BrFIO2/c1-19-9-3-4-10(12(16)7-9)14(18)11-6-8(15)2-5-13(11)17/h2-7H,1H3. The molecule has 98 valence electrons. The number of ketones is 1. The van der Waals surface area contributed by atoms with E-state index in [0.717, 1.165) is 8.04 Å². The number of hydrogen-bond acceptors (Lipinski definition) is 2. The van der Waals surface area contributed by atoms with Gasteiger partial charge in [0.25, 0.3) is 0 Å². The van der Waals surface area contributed by atoms with Gasteiger partial charge in [-0.1, -0.05) is 15.9 Å². The first kappa shape index (κ1) is 14.5. The van der Waals surface area contributed by atoms with Gasteiger partial charge in [0.2, 0.25) is 0 Å². The lowest BCUT2D eigenvalue weighted by atomic mass is 10.0. The van der Waals surface area contributed by atoms with Crippen LogP contribution in [0.25, 0.3) is 0 Å². The molecule has 0 fully saturated rings. The molecular weight excluding hydrogens is 426 g/mol. The van der Waals surface area contributed by atoms with Gasteiger partial charge >= 0.3 is 0 Å². The highest BCUT2D eigenvalue weighted by Crippen LogP contribution is 2.24. The molecule has 0 unspecified atom stereocenters. The molecule has 0 atom stereocenters. The summed E-state index contributed by atoms with van der Waals surface area (Å²) in [6, 6.07) is 9.54. The van der Waals surface area contributed by atoms with Crippen LogP contribution >= 0.6 is 38.5 Å². The molecule has 2 nitrogen and oxygen atoms in total. The molecule has 2 aromatic carbocycles. The summed E-state index contributed by atoms with van der Waals surface area (Å²) in [5, 5.41) is 0. The lowest BCUT2D eigenvalue weighted by Crippen LogP contribution is -2.06. The van der Waals surface area contributed by atoms with E-state index in [1.807, 2.05) is 6.07 Å². The second-order valence-corrected chi connectivity index (χ2v) is 5.88. The monoisotopic (exact) mass is 434 g/mol. The summed E-state index contributed by atoms with van der Waals surface area (Å²) in [7, 11) is 1.45. The molecule has 2 rings (SSSR count). The van der Waals surface area contributed by atoms with Crippen LogP contribution in [0.4, 0.5) is 4.39 Å². The molecule has 0 amide bonds. The summed E-state index contributed by atoms with van der Waals surface area (Å²) < 4.78 is 20.4. The topological polar surface area (TPSA) is 26.3 Å². The van der Waals surface area contributed by atoms with E-state index >= 15 is 0 Å². The van der Waals surface area contributed by atoms with Gasteiger partial charge in [0, 0.05) is 19.7 Å². The van der Waals surface area contributed by atoms with Crippen molar-refractivity contribution in [1.82, 2.24) is 0 Å². The summed E-state index contributed by atoms with van der Waals surface area (Å²) in [6.45, 7) is 0. The third-order valence-corrected chi connectivity index (χ3v) is 4.03. The first-order valence-corrected chi connectivity index (χ1v) is 7.23. The average molecular weight is 435 g/mol. The van der Waals surface area contributed by atoms with Gasteiger partial charge in [0.05, 0.1) is 12.7 Å². The summed E-state index contributed by atoms with van der Waals surface area (Å²) in [4.78, 5) is 12.3. The van der Waals surface area contributed by atoms with Crippen LogP contribution in [0.1, 0.15) is 15.9 Å². The van der Waals surface area contributed by atoms with Gasteiger partial charge in [-0.3, -0.25) is 4.79 Å². The zero-order valence-corrected chi connectivity index (χ0v) is 13.7. The Bertz CT molecular complexity index is 643. The number of methoxy groups -OCH3 is 1. The number of ether oxygens (including phenoxy) is 1. The molecule has 0 heterocycles. The third kappa shape index (κ3) is 3.14. The Hall–Kier alpha value is -0.950. The van der Waals surface area contributed by atoms with E-state index in [1.54, 1.807) is 18.2 Å². The molecule has 0 aliphatic heterocycles. The van der Waals surface area contributed by atoms with E-state index in [9.17, 15) is 9.18 Å². The maximum Gasteiger partial charge on any atom is 0.197 e. The third-order valence-electron chi connectivity index (χ3n) is 2.59. The Kier molecular flexibility index (Phi) is 4.57. The highest BCUT2D eigenvalue weighted by molar-refractivity contribution is 14.1. The molecule has 0 saturated carbocycles. The second kappa shape index (κ2) is 6.00. The van der Waals surface area contributed by atoms with Gasteiger partial charge in [-0.05, 0) is 52.9 Å². The SMILES string of the molecule is COc1ccc(C(=O)c2cc(Br)ccc2I)c(F)c1. The predicted molar refractivity (Wildman–Crippen MR) is 83.2 cm³/mol. The van der Waals surface area contributed by atoms with Gasteiger partial charge in [-0.2, -0.15) is 0 Å². The van der Waals surface area contributed by atoms with Crippen molar-refractivity contribution in [3.63, 3.8) is 0 Å². The Morgan fingerprint density at radius 1 is 1.21 bits per heavy atom. The number of carbonyl (C=O) groups is 1. The number of halogens is 3. The van der Waals surface area contributed by atoms with Crippen molar-refractivity contribution in [1.29, 1.82) is 0 Å². The van der Waals surface area contributed by atoms with Crippen LogP contribution in [-0.2, 0) is 0 Å². The van der Waals surface area contributed by atoms with Crippen LogP contribution < -0.4 is 4.74 Å². The molecule has 0 saturated heterocycles. The van der Waals surface area contributed by atoms with Gasteiger partial charge < -0.3 is 4.74 Å². The molecular formula is C14H9BrFIO2. The summed E-state index contributed by atoms with van der Waals surface area (Å²) in [5.41, 5.74) is 0.510. The highest BCUT2D eigenvalue weighted by atomic mass is 127. The van der Waals surface area contributed by atoms with Crippen molar-refractivity contribution in [3.05, 3.63) is 61.4 Å². The maximum absolute atomic E-state index is 13.9. The molecule has 2 aromatic rings. The van der Waals surface area contributed by atoms with Crippen molar-refractivity contribution in [2.45, 2.75) is 0 Å². The molecule has 5 heteroatoms. The fourth-order valence-corrected chi connectivity index (χ4v) is 2.57. The fourth-order valence-electron chi connectivity index (χ4n) is 1.62. The Morgan fingerprint density at radius 3 is 2.58 bits per heavy atom. The smallest absolute Gasteiger partial charge is 0.197 e. The Labute approximate surface area is 132 Å². The minimum atomic E-state index is -0.583. The quantitative estimate of drug-likeness (QED) is 0.527. The summed E-state index contributed by atoms with van der Waals surface area (Å²) >= 11 is 5.37. The van der Waals surface area contributed by atoms with Crippen molar-refractivity contribution >= 4 is 44.3 Å². The first-order valence-electron chi connectivity index (χ1n) is 5.36. The second-order valence-electron chi connectivity index (χ2n) is 3.80. The number of benzene rings is 2. The van der Waals surface area contributed by atoms with E-state index in [-0.39, 0.29) is 11.3 Å². The lowest BCUT2D eigenvalue weighted by Gasteiger charge is -2.07. The largest absolute Gasteiger partial charge is 0.497 e. The average Bonchev–Trinajstić information content (AvgIpc) is 2.40. The van der Waals surface area contributed by atoms with Crippen LogP contribution in [0.15, 0.2) is 40.9 Å². The summed E-state index contributed by atoms with van der Waals surface area (Å²) in [5.74, 6) is -0.538. The minimum absolute atomic E-state index is 0.0387. The number of rotatable bonds is 3. The van der Waals surface area contributed by atoms with Gasteiger partial charge in [-0.15, -0.1) is 0 Å². The molecule has 0 bridgehead atoms. The van der Waals surface area contributed by atoms with Crippen molar-refractivity contribution in [3.8, 4) is 5.75 Å². The van der Waals surface area contributed by atoms with Crippen molar-refractivity contribution < 1.29 is 13.9 Å². The Morgan fingerprint density at radius 2 is 1.95 bits per heavy atom. The van der Waals surface area contributed by atoms with Crippen molar-refractivity contribution in [2.24, 2.45) is 0 Å². The van der Waals surface area contributed by atoms with Crippen molar-refractivity contribution in [2.75, 3.05) is 7.11 Å².